The minimum absolute atomic E-state index is 0.0252. The number of rotatable bonds is 12. The van der Waals surface area contributed by atoms with Crippen LogP contribution in [0.15, 0.2) is 97.1 Å². The van der Waals surface area contributed by atoms with E-state index in [4.69, 9.17) is 0 Å². The number of carbonyl (C=O) groups is 4. The Kier molecular flexibility index (Phi) is 11.7. The fourth-order valence-corrected chi connectivity index (χ4v) is 7.40. The summed E-state index contributed by atoms with van der Waals surface area (Å²) in [5.41, 5.74) is 7.19. The van der Waals surface area contributed by atoms with E-state index in [0.29, 0.717) is 24.2 Å². The van der Waals surface area contributed by atoms with E-state index in [0.717, 1.165) is 46.7 Å². The van der Waals surface area contributed by atoms with Crippen LogP contribution >= 0.6 is 0 Å². The number of amides is 4. The molecule has 0 spiro atoms. The molecule has 4 amide bonds. The van der Waals surface area contributed by atoms with Crippen LogP contribution in [0.4, 0.5) is 34.1 Å². The number of hydrogen-bond acceptors (Lipinski definition) is 7. The third kappa shape index (κ3) is 8.69. The van der Waals surface area contributed by atoms with Gasteiger partial charge >= 0.3 is 0 Å². The van der Waals surface area contributed by atoms with E-state index in [-0.39, 0.29) is 60.9 Å². The molecule has 4 atom stereocenters. The lowest BCUT2D eigenvalue weighted by molar-refractivity contribution is -0.119. The number of para-hydroxylation sites is 2. The van der Waals surface area contributed by atoms with Gasteiger partial charge in [-0.2, -0.15) is 0 Å². The Morgan fingerprint density at radius 3 is 1.28 bits per heavy atom. The van der Waals surface area contributed by atoms with Gasteiger partial charge in [0.2, 0.25) is 23.6 Å². The van der Waals surface area contributed by atoms with Crippen LogP contribution in [0.25, 0.3) is 0 Å². The molecular weight excluding hydrogens is 667 g/mol. The van der Waals surface area contributed by atoms with Gasteiger partial charge < -0.3 is 31.1 Å². The fourth-order valence-electron chi connectivity index (χ4n) is 7.40. The molecule has 4 aromatic rings. The van der Waals surface area contributed by atoms with Crippen LogP contribution in [0.1, 0.15) is 76.6 Å². The highest BCUT2D eigenvalue weighted by molar-refractivity contribution is 5.97. The summed E-state index contributed by atoms with van der Waals surface area (Å²) < 4.78 is 0. The summed E-state index contributed by atoms with van der Waals surface area (Å²) in [7, 11) is 0. The molecule has 0 fully saturated rings. The molecule has 11 heteroatoms. The number of benzene rings is 4. The summed E-state index contributed by atoms with van der Waals surface area (Å²) >= 11 is 0. The number of nitrogens with zero attached hydrogens (tertiary/aromatic N) is 2. The average molecular weight is 716 g/mol. The van der Waals surface area contributed by atoms with Gasteiger partial charge in [0.05, 0.1) is 25.2 Å². The zero-order valence-electron chi connectivity index (χ0n) is 30.8. The van der Waals surface area contributed by atoms with Gasteiger partial charge in [-0.1, -0.05) is 50.2 Å². The monoisotopic (exact) mass is 715 g/mol. The largest absolute Gasteiger partial charge is 0.378 e. The maximum atomic E-state index is 12.7. The molecule has 0 bridgehead atoms. The molecule has 0 saturated carbocycles. The van der Waals surface area contributed by atoms with E-state index >= 15 is 0 Å². The number of fused-ring (bicyclic) bond motifs is 2. The average Bonchev–Trinajstić information content (AvgIpc) is 3.16. The zero-order chi connectivity index (χ0) is 37.5. The first-order valence-corrected chi connectivity index (χ1v) is 18.5. The predicted octanol–water partition coefficient (Wildman–Crippen LogP) is 7.23. The molecule has 276 valence electrons. The molecule has 4 aromatic carbocycles. The van der Waals surface area contributed by atoms with E-state index < -0.39 is 0 Å². The number of anilines is 6. The summed E-state index contributed by atoms with van der Waals surface area (Å²) in [5.74, 6) is -0.278. The van der Waals surface area contributed by atoms with Crippen molar-refractivity contribution in [3.63, 3.8) is 0 Å². The van der Waals surface area contributed by atoms with Gasteiger partial charge in [-0.05, 0) is 98.5 Å². The second kappa shape index (κ2) is 16.8. The molecule has 0 aromatic heterocycles. The Morgan fingerprint density at radius 2 is 0.906 bits per heavy atom. The quantitative estimate of drug-likeness (QED) is 0.105. The van der Waals surface area contributed by atoms with Crippen molar-refractivity contribution in [1.29, 1.82) is 0 Å². The predicted molar refractivity (Wildman–Crippen MR) is 212 cm³/mol. The second-order valence-electron chi connectivity index (χ2n) is 13.8. The van der Waals surface area contributed by atoms with Crippen molar-refractivity contribution >= 4 is 57.8 Å². The van der Waals surface area contributed by atoms with Crippen molar-refractivity contribution in [1.82, 2.24) is 5.32 Å². The van der Waals surface area contributed by atoms with Gasteiger partial charge in [0.25, 0.3) is 0 Å². The van der Waals surface area contributed by atoms with Crippen molar-refractivity contribution in [2.24, 2.45) is 0 Å². The van der Waals surface area contributed by atoms with Crippen LogP contribution in [0, 0.1) is 0 Å². The van der Waals surface area contributed by atoms with Crippen molar-refractivity contribution in [3.8, 4) is 0 Å². The van der Waals surface area contributed by atoms with E-state index in [1.807, 2.05) is 109 Å². The van der Waals surface area contributed by atoms with Gasteiger partial charge in [0.1, 0.15) is 0 Å². The molecule has 0 unspecified atom stereocenters. The van der Waals surface area contributed by atoms with Crippen molar-refractivity contribution in [2.45, 2.75) is 77.5 Å². The number of carbonyl (C=O) groups excluding carboxylic acids is 4. The highest BCUT2D eigenvalue weighted by Crippen LogP contribution is 2.40. The minimum atomic E-state index is -0.259. The van der Waals surface area contributed by atoms with Gasteiger partial charge in [0, 0.05) is 59.0 Å². The summed E-state index contributed by atoms with van der Waals surface area (Å²) in [5, 5.41) is 15.9. The summed E-state index contributed by atoms with van der Waals surface area (Å²) in [6.45, 7) is 7.88. The maximum absolute atomic E-state index is 12.7. The molecule has 6 rings (SSSR count). The topological polar surface area (TPSA) is 135 Å². The third-order valence-electron chi connectivity index (χ3n) is 9.91. The smallest absolute Gasteiger partial charge is 0.238 e. The van der Waals surface area contributed by atoms with Crippen LogP contribution in [0.5, 0.6) is 0 Å². The Hall–Kier alpha value is -5.68. The van der Waals surface area contributed by atoms with Gasteiger partial charge in [-0.15, -0.1) is 0 Å². The lowest BCUT2D eigenvalue weighted by atomic mass is 9.91. The molecule has 0 radical (unpaired) electrons. The molecule has 5 N–H and O–H groups in total. The van der Waals surface area contributed by atoms with E-state index in [9.17, 15) is 19.2 Å². The summed E-state index contributed by atoms with van der Waals surface area (Å²) in [6.07, 6.45) is 2.48. The van der Waals surface area contributed by atoms with Crippen LogP contribution in [0.3, 0.4) is 0 Å². The Labute approximate surface area is 311 Å². The minimum Gasteiger partial charge on any atom is -0.378 e. The van der Waals surface area contributed by atoms with Crippen molar-refractivity contribution < 1.29 is 19.2 Å². The lowest BCUT2D eigenvalue weighted by Crippen LogP contribution is -2.44. The molecule has 2 aliphatic rings. The van der Waals surface area contributed by atoms with Crippen LogP contribution in [-0.4, -0.2) is 48.8 Å². The maximum Gasteiger partial charge on any atom is 0.238 e. The summed E-state index contributed by atoms with van der Waals surface area (Å²) in [6, 6.07) is 31.3. The Balaban J connectivity index is 0.944. The second-order valence-corrected chi connectivity index (χ2v) is 13.8. The summed E-state index contributed by atoms with van der Waals surface area (Å²) in [4.78, 5) is 54.4. The Morgan fingerprint density at radius 1 is 0.547 bits per heavy atom. The normalized spacial score (nSPS) is 19.0. The molecule has 2 aliphatic heterocycles. The van der Waals surface area contributed by atoms with Crippen LogP contribution < -0.4 is 36.4 Å². The Bertz CT molecular complexity index is 1790. The third-order valence-corrected chi connectivity index (χ3v) is 9.91. The van der Waals surface area contributed by atoms with Crippen molar-refractivity contribution in [2.75, 3.05) is 44.2 Å². The van der Waals surface area contributed by atoms with Gasteiger partial charge in [-0.25, -0.2) is 0 Å². The van der Waals surface area contributed by atoms with Crippen molar-refractivity contribution in [3.05, 3.63) is 108 Å². The first kappa shape index (κ1) is 37.1. The molecular formula is C42H49N7O4. The standard InChI is InChI=1S/C42H49N7O4/c1-5-41(52)48-27(3)23-35(33-11-7-9-13-37(33)48)44-29-15-19-31(20-16-29)46-39(50)25-43-26-40(51)47-32-21-17-30(18-22-32)45-36-24-28(4)49(42(53)6-2)38-14-10-8-12-34(36)38/h7-22,27-28,35-36,43-45H,5-6,23-26H2,1-4H3,(H,46,50)(H,47,51)/t27-,28-,35+,36+/m0/s1. The first-order chi connectivity index (χ1) is 25.6. The lowest BCUT2D eigenvalue weighted by Gasteiger charge is -2.40. The fraction of sp³-hybridized carbons (Fsp3) is 0.333. The van der Waals surface area contributed by atoms with Gasteiger partial charge in [-0.3, -0.25) is 24.5 Å². The molecule has 0 saturated heterocycles. The van der Waals surface area contributed by atoms with Crippen LogP contribution in [0.2, 0.25) is 0 Å². The van der Waals surface area contributed by atoms with E-state index in [2.05, 4.69) is 52.6 Å². The van der Waals surface area contributed by atoms with Gasteiger partial charge in [0.15, 0.2) is 0 Å². The number of nitrogens with one attached hydrogen (secondary N) is 5. The molecule has 2 heterocycles. The number of hydrogen-bond donors (Lipinski definition) is 5. The molecule has 53 heavy (non-hydrogen) atoms. The zero-order valence-corrected chi connectivity index (χ0v) is 30.8. The van der Waals surface area contributed by atoms with E-state index in [1.165, 1.54) is 0 Å². The molecule has 0 aliphatic carbocycles. The first-order valence-electron chi connectivity index (χ1n) is 18.5. The highest BCUT2D eigenvalue weighted by atomic mass is 16.2. The molecule has 11 nitrogen and oxygen atoms in total. The van der Waals surface area contributed by atoms with Crippen LogP contribution in [-0.2, 0) is 19.2 Å². The van der Waals surface area contributed by atoms with E-state index in [1.54, 1.807) is 0 Å². The SMILES string of the molecule is CCC(=O)N1c2ccccc2[C@H](Nc2ccc(NC(=O)CNCC(=O)Nc3ccc(N[C@@H]4C[C@H](C)N(C(=O)CC)c5ccccc54)cc3)cc2)C[C@@H]1C. The highest BCUT2D eigenvalue weighted by Gasteiger charge is 2.34.